The van der Waals surface area contributed by atoms with Crippen LogP contribution in [0.15, 0.2) is 42.7 Å². The first-order chi connectivity index (χ1) is 11.6. The molecule has 0 radical (unpaired) electrons. The second-order valence-corrected chi connectivity index (χ2v) is 6.01. The van der Waals surface area contributed by atoms with E-state index in [-0.39, 0.29) is 18.5 Å². The molecule has 7 nitrogen and oxygen atoms in total. The largest absolute Gasteiger partial charge is 0.389 e. The standard InChI is InChI=1S/C17H22N4O3/c1-13(24-10-7-14-5-3-2-4-6-14)17(23)20-11-15(16(22)12-20)21-9-8-18-19-21/h2-6,8-9,13,15-16,22H,7,10-12H2,1H3/t13?,15-,16-/m1/s1. The SMILES string of the molecule is CC(OCCc1ccccc1)C(=O)N1C[C@@H](O)[C@H](n2ccnn2)C1. The molecular formula is C17H22N4O3. The molecule has 128 valence electrons. The van der Waals surface area contributed by atoms with Crippen molar-refractivity contribution in [2.24, 2.45) is 0 Å². The smallest absolute Gasteiger partial charge is 0.251 e. The van der Waals surface area contributed by atoms with Gasteiger partial charge in [0.1, 0.15) is 6.10 Å². The molecule has 2 heterocycles. The lowest BCUT2D eigenvalue weighted by atomic mass is 10.2. The number of carbonyl (C=O) groups is 1. The van der Waals surface area contributed by atoms with Gasteiger partial charge < -0.3 is 14.7 Å². The van der Waals surface area contributed by atoms with Gasteiger partial charge in [0.15, 0.2) is 0 Å². The van der Waals surface area contributed by atoms with E-state index in [0.29, 0.717) is 13.2 Å². The Hall–Kier alpha value is -2.25. The van der Waals surface area contributed by atoms with Crippen LogP contribution in [0.25, 0.3) is 0 Å². The minimum Gasteiger partial charge on any atom is -0.389 e. The molecule has 24 heavy (non-hydrogen) atoms. The zero-order chi connectivity index (χ0) is 16.9. The van der Waals surface area contributed by atoms with Gasteiger partial charge in [-0.15, -0.1) is 5.10 Å². The lowest BCUT2D eigenvalue weighted by Crippen LogP contribution is -2.38. The van der Waals surface area contributed by atoms with Gasteiger partial charge in [-0.05, 0) is 18.9 Å². The molecule has 1 aliphatic heterocycles. The van der Waals surface area contributed by atoms with E-state index in [1.165, 1.54) is 5.56 Å². The lowest BCUT2D eigenvalue weighted by molar-refractivity contribution is -0.141. The Morgan fingerprint density at radius 3 is 2.88 bits per heavy atom. The number of nitrogens with zero attached hydrogens (tertiary/aromatic N) is 4. The number of aliphatic hydroxyl groups is 1. The average Bonchev–Trinajstić information content (AvgIpc) is 3.24. The summed E-state index contributed by atoms with van der Waals surface area (Å²) in [4.78, 5) is 14.1. The number of aromatic nitrogens is 3. The second kappa shape index (κ2) is 7.55. The lowest BCUT2D eigenvalue weighted by Gasteiger charge is -2.21. The van der Waals surface area contributed by atoms with Gasteiger partial charge in [-0.25, -0.2) is 4.68 Å². The predicted octanol–water partition coefficient (Wildman–Crippen LogP) is 0.670. The minimum absolute atomic E-state index is 0.107. The van der Waals surface area contributed by atoms with Crippen LogP contribution in [-0.4, -0.2) is 62.8 Å². The van der Waals surface area contributed by atoms with Crippen molar-refractivity contribution in [3.05, 3.63) is 48.3 Å². The number of benzene rings is 1. The van der Waals surface area contributed by atoms with Crippen molar-refractivity contribution >= 4 is 5.91 Å². The van der Waals surface area contributed by atoms with Gasteiger partial charge >= 0.3 is 0 Å². The van der Waals surface area contributed by atoms with Gasteiger partial charge in [0.05, 0.1) is 24.9 Å². The van der Waals surface area contributed by atoms with Crippen molar-refractivity contribution < 1.29 is 14.6 Å². The normalized spacial score (nSPS) is 21.8. The molecule has 1 aromatic heterocycles. The molecule has 1 amide bonds. The number of hydrogen-bond acceptors (Lipinski definition) is 5. The fraction of sp³-hybridized carbons (Fsp3) is 0.471. The molecule has 7 heteroatoms. The molecule has 3 atom stereocenters. The molecule has 1 aromatic carbocycles. The topological polar surface area (TPSA) is 80.5 Å². The van der Waals surface area contributed by atoms with E-state index in [9.17, 15) is 9.90 Å². The Labute approximate surface area is 140 Å². The van der Waals surface area contributed by atoms with E-state index in [2.05, 4.69) is 10.3 Å². The van der Waals surface area contributed by atoms with Crippen molar-refractivity contribution in [1.29, 1.82) is 0 Å². The van der Waals surface area contributed by atoms with Gasteiger partial charge in [0.2, 0.25) is 0 Å². The molecular weight excluding hydrogens is 308 g/mol. The van der Waals surface area contributed by atoms with Gasteiger partial charge in [0.25, 0.3) is 5.91 Å². The molecule has 0 saturated carbocycles. The van der Waals surface area contributed by atoms with Crippen LogP contribution >= 0.6 is 0 Å². The highest BCUT2D eigenvalue weighted by Crippen LogP contribution is 2.22. The van der Waals surface area contributed by atoms with Crippen molar-refractivity contribution in [1.82, 2.24) is 19.9 Å². The molecule has 2 aromatic rings. The molecule has 1 saturated heterocycles. The quantitative estimate of drug-likeness (QED) is 0.842. The summed E-state index contributed by atoms with van der Waals surface area (Å²) in [5.41, 5.74) is 1.18. The Balaban J connectivity index is 1.49. The highest BCUT2D eigenvalue weighted by Gasteiger charge is 2.37. The number of carbonyl (C=O) groups excluding carboxylic acids is 1. The van der Waals surface area contributed by atoms with Crippen molar-refractivity contribution in [3.8, 4) is 0 Å². The summed E-state index contributed by atoms with van der Waals surface area (Å²) < 4.78 is 7.27. The molecule has 3 rings (SSSR count). The zero-order valence-electron chi connectivity index (χ0n) is 13.7. The van der Waals surface area contributed by atoms with E-state index < -0.39 is 12.2 Å². The number of ether oxygens (including phenoxy) is 1. The third-order valence-corrected chi connectivity index (χ3v) is 4.30. The van der Waals surface area contributed by atoms with Crippen LogP contribution < -0.4 is 0 Å². The molecule has 1 fully saturated rings. The van der Waals surface area contributed by atoms with Gasteiger partial charge in [0, 0.05) is 19.3 Å². The van der Waals surface area contributed by atoms with E-state index in [1.807, 2.05) is 30.3 Å². The van der Waals surface area contributed by atoms with Crippen LogP contribution in [0.1, 0.15) is 18.5 Å². The van der Waals surface area contributed by atoms with Crippen LogP contribution in [0.5, 0.6) is 0 Å². The maximum Gasteiger partial charge on any atom is 0.251 e. The fourth-order valence-electron chi connectivity index (χ4n) is 2.93. The Morgan fingerprint density at radius 2 is 2.17 bits per heavy atom. The Morgan fingerprint density at radius 1 is 1.38 bits per heavy atom. The van der Waals surface area contributed by atoms with Crippen LogP contribution in [0.4, 0.5) is 0 Å². The molecule has 1 unspecified atom stereocenters. The molecule has 0 aliphatic carbocycles. The molecule has 1 N–H and O–H groups in total. The van der Waals surface area contributed by atoms with Crippen LogP contribution in [0.2, 0.25) is 0 Å². The van der Waals surface area contributed by atoms with Crippen molar-refractivity contribution in [2.75, 3.05) is 19.7 Å². The van der Waals surface area contributed by atoms with E-state index in [0.717, 1.165) is 6.42 Å². The summed E-state index contributed by atoms with van der Waals surface area (Å²) in [6, 6.07) is 9.76. The highest BCUT2D eigenvalue weighted by molar-refractivity contribution is 5.81. The summed E-state index contributed by atoms with van der Waals surface area (Å²) in [5.74, 6) is -0.107. The molecule has 0 bridgehead atoms. The van der Waals surface area contributed by atoms with Gasteiger partial charge in [-0.3, -0.25) is 4.79 Å². The average molecular weight is 330 g/mol. The third kappa shape index (κ3) is 3.80. The maximum absolute atomic E-state index is 12.5. The highest BCUT2D eigenvalue weighted by atomic mass is 16.5. The monoisotopic (exact) mass is 330 g/mol. The summed E-state index contributed by atoms with van der Waals surface area (Å²) in [6.07, 6.45) is 2.85. The van der Waals surface area contributed by atoms with Gasteiger partial charge in [-0.1, -0.05) is 35.5 Å². The van der Waals surface area contributed by atoms with E-state index in [4.69, 9.17) is 4.74 Å². The van der Waals surface area contributed by atoms with E-state index >= 15 is 0 Å². The minimum atomic E-state index is -0.646. The first-order valence-electron chi connectivity index (χ1n) is 8.13. The Bertz CT molecular complexity index is 647. The summed E-state index contributed by atoms with van der Waals surface area (Å²) in [6.45, 7) is 2.94. The number of rotatable bonds is 6. The van der Waals surface area contributed by atoms with Gasteiger partial charge in [-0.2, -0.15) is 0 Å². The number of amides is 1. The summed E-state index contributed by atoms with van der Waals surface area (Å²) in [7, 11) is 0. The fourth-order valence-corrected chi connectivity index (χ4v) is 2.93. The maximum atomic E-state index is 12.5. The number of hydrogen-bond donors (Lipinski definition) is 1. The third-order valence-electron chi connectivity index (χ3n) is 4.30. The van der Waals surface area contributed by atoms with Crippen LogP contribution in [0.3, 0.4) is 0 Å². The predicted molar refractivity (Wildman–Crippen MR) is 87.2 cm³/mol. The number of likely N-dealkylation sites (tertiary alicyclic amines) is 1. The second-order valence-electron chi connectivity index (χ2n) is 6.01. The molecule has 1 aliphatic rings. The Kier molecular flexibility index (Phi) is 5.22. The number of aliphatic hydroxyl groups excluding tert-OH is 1. The molecule has 0 spiro atoms. The zero-order valence-corrected chi connectivity index (χ0v) is 13.7. The van der Waals surface area contributed by atoms with Crippen LogP contribution in [-0.2, 0) is 16.0 Å². The summed E-state index contributed by atoms with van der Waals surface area (Å²) in [5, 5.41) is 17.8. The first-order valence-corrected chi connectivity index (χ1v) is 8.13. The van der Waals surface area contributed by atoms with E-state index in [1.54, 1.807) is 28.9 Å². The summed E-state index contributed by atoms with van der Waals surface area (Å²) >= 11 is 0. The van der Waals surface area contributed by atoms with Crippen LogP contribution in [0, 0.1) is 0 Å². The van der Waals surface area contributed by atoms with Crippen molar-refractivity contribution in [2.45, 2.75) is 31.6 Å². The first kappa shape index (κ1) is 16.6. The van der Waals surface area contributed by atoms with Crippen molar-refractivity contribution in [3.63, 3.8) is 0 Å². The number of β-amino-alcohol motifs (C(OH)–C–C–N with tert-alkyl or cyclic N) is 1.